The Morgan fingerprint density at radius 3 is 2.40 bits per heavy atom. The van der Waals surface area contributed by atoms with E-state index in [1.807, 2.05) is 27.2 Å². The number of carbonyl (C=O) groups excluding carboxylic acids is 2. The maximum atomic E-state index is 11.7. The number of rotatable bonds is 10. The third kappa shape index (κ3) is 11.7. The van der Waals surface area contributed by atoms with Crippen molar-refractivity contribution in [3.63, 3.8) is 0 Å². The maximum absolute atomic E-state index is 11.7. The number of allylic oxidation sites excluding steroid dienone is 2. The third-order valence-electron chi connectivity index (χ3n) is 2.60. The van der Waals surface area contributed by atoms with Gasteiger partial charge in [-0.05, 0) is 19.3 Å². The third-order valence-corrected chi connectivity index (χ3v) is 2.60. The van der Waals surface area contributed by atoms with Crippen LogP contribution in [0.5, 0.6) is 0 Å². The number of quaternary nitrogens is 1. The van der Waals surface area contributed by atoms with E-state index in [9.17, 15) is 14.7 Å². The number of likely N-dealkylation sites (N-methyl/N-ethyl adjacent to an activating group) is 1. The van der Waals surface area contributed by atoms with Crippen molar-refractivity contribution in [3.8, 4) is 0 Å². The second-order valence-corrected chi connectivity index (χ2v) is 5.93. The Kier molecular flexibility index (Phi) is 8.88. The van der Waals surface area contributed by atoms with Gasteiger partial charge in [-0.1, -0.05) is 19.1 Å². The van der Waals surface area contributed by atoms with Gasteiger partial charge in [0.25, 0.3) is 0 Å². The standard InChI is InChI=1S/C15H27NO4/c1-5-6-7-8-9-10-15(19)20-13(11-14(17)18)12-16(2,3)4/h6-7,13H,5,8-12H2,1-4H3/b7-6+. The first-order chi connectivity index (χ1) is 9.24. The highest BCUT2D eigenvalue weighted by molar-refractivity contribution is 5.70. The van der Waals surface area contributed by atoms with Crippen LogP contribution >= 0.6 is 0 Å². The zero-order valence-electron chi connectivity index (χ0n) is 13.1. The van der Waals surface area contributed by atoms with Gasteiger partial charge in [0.2, 0.25) is 0 Å². The molecule has 1 unspecified atom stereocenters. The molecule has 0 heterocycles. The number of hydrogen-bond donors (Lipinski definition) is 0. The lowest BCUT2D eigenvalue weighted by Crippen LogP contribution is -2.45. The van der Waals surface area contributed by atoms with Gasteiger partial charge in [-0.25, -0.2) is 0 Å². The van der Waals surface area contributed by atoms with Crippen LogP contribution in [0.1, 0.15) is 39.0 Å². The van der Waals surface area contributed by atoms with Gasteiger partial charge in [-0.2, -0.15) is 0 Å². The van der Waals surface area contributed by atoms with Crippen LogP contribution in [0.2, 0.25) is 0 Å². The number of carbonyl (C=O) groups is 2. The van der Waals surface area contributed by atoms with E-state index >= 15 is 0 Å². The number of carboxylic acids is 1. The highest BCUT2D eigenvalue weighted by Gasteiger charge is 2.22. The zero-order valence-corrected chi connectivity index (χ0v) is 13.1. The average Bonchev–Trinajstić information content (AvgIpc) is 2.25. The van der Waals surface area contributed by atoms with Gasteiger partial charge in [-0.3, -0.25) is 4.79 Å². The van der Waals surface area contributed by atoms with Crippen LogP contribution in [0.15, 0.2) is 12.2 Å². The quantitative estimate of drug-likeness (QED) is 0.259. The molecule has 0 aromatic rings. The molecule has 1 atom stereocenters. The topological polar surface area (TPSA) is 66.4 Å². The summed E-state index contributed by atoms with van der Waals surface area (Å²) in [6.45, 7) is 2.51. The average molecular weight is 285 g/mol. The lowest BCUT2D eigenvalue weighted by Gasteiger charge is -2.29. The van der Waals surface area contributed by atoms with Crippen molar-refractivity contribution >= 4 is 11.9 Å². The predicted octanol–water partition coefficient (Wildman–Crippen LogP) is 0.881. The second-order valence-electron chi connectivity index (χ2n) is 5.93. The van der Waals surface area contributed by atoms with Crippen molar-refractivity contribution in [2.45, 2.75) is 45.1 Å². The molecule has 0 bridgehead atoms. The predicted molar refractivity (Wildman–Crippen MR) is 75.7 cm³/mol. The molecule has 116 valence electrons. The Balaban J connectivity index is 4.18. The van der Waals surface area contributed by atoms with Crippen LogP contribution in [0.3, 0.4) is 0 Å². The van der Waals surface area contributed by atoms with Crippen LogP contribution in [0.4, 0.5) is 0 Å². The van der Waals surface area contributed by atoms with Gasteiger partial charge in [0.15, 0.2) is 6.10 Å². The number of unbranched alkanes of at least 4 members (excludes halogenated alkanes) is 1. The van der Waals surface area contributed by atoms with Crippen molar-refractivity contribution in [2.75, 3.05) is 27.7 Å². The summed E-state index contributed by atoms with van der Waals surface area (Å²) in [6, 6.07) is 0. The number of hydrogen-bond acceptors (Lipinski definition) is 4. The summed E-state index contributed by atoms with van der Waals surface area (Å²) in [4.78, 5) is 22.4. The van der Waals surface area contributed by atoms with E-state index in [1.165, 1.54) is 0 Å². The van der Waals surface area contributed by atoms with E-state index < -0.39 is 12.1 Å². The molecule has 0 aliphatic carbocycles. The van der Waals surface area contributed by atoms with Crippen LogP contribution in [-0.2, 0) is 14.3 Å². The SMILES string of the molecule is CC/C=C/CCCC(=O)OC(CC(=O)[O-])C[N+](C)(C)C. The molecule has 0 spiro atoms. The summed E-state index contributed by atoms with van der Waals surface area (Å²) < 4.78 is 5.78. The number of ether oxygens (including phenoxy) is 1. The maximum Gasteiger partial charge on any atom is 0.306 e. The molecule has 0 aromatic carbocycles. The van der Waals surface area contributed by atoms with E-state index in [0.717, 1.165) is 19.3 Å². The van der Waals surface area contributed by atoms with Gasteiger partial charge in [0.05, 0.1) is 21.1 Å². The molecular formula is C15H27NO4. The van der Waals surface area contributed by atoms with Crippen molar-refractivity contribution < 1.29 is 23.9 Å². The minimum atomic E-state index is -1.19. The fourth-order valence-electron chi connectivity index (χ4n) is 1.83. The lowest BCUT2D eigenvalue weighted by atomic mass is 10.2. The molecule has 0 fully saturated rings. The van der Waals surface area contributed by atoms with Crippen LogP contribution in [0.25, 0.3) is 0 Å². The van der Waals surface area contributed by atoms with Crippen molar-refractivity contribution in [1.29, 1.82) is 0 Å². The van der Waals surface area contributed by atoms with E-state index in [-0.39, 0.29) is 12.4 Å². The first-order valence-corrected chi connectivity index (χ1v) is 7.09. The van der Waals surface area contributed by atoms with E-state index in [1.54, 1.807) is 0 Å². The molecule has 0 rings (SSSR count). The van der Waals surface area contributed by atoms with Crippen LogP contribution in [0, 0.1) is 0 Å². The second kappa shape index (κ2) is 9.53. The Morgan fingerprint density at radius 2 is 1.90 bits per heavy atom. The molecule has 0 aliphatic rings. The Labute approximate surface area is 121 Å². The molecule has 0 saturated heterocycles. The summed E-state index contributed by atoms with van der Waals surface area (Å²) in [5.41, 5.74) is 0. The first kappa shape index (κ1) is 18.6. The number of carboxylic acid groups (broad SMARTS) is 1. The van der Waals surface area contributed by atoms with Gasteiger partial charge in [0, 0.05) is 18.8 Å². The van der Waals surface area contributed by atoms with Crippen LogP contribution in [-0.4, -0.2) is 50.2 Å². The Hall–Kier alpha value is -1.36. The molecule has 0 N–H and O–H groups in total. The summed E-state index contributed by atoms with van der Waals surface area (Å²) in [5.74, 6) is -1.53. The van der Waals surface area contributed by atoms with Crippen molar-refractivity contribution in [1.82, 2.24) is 0 Å². The summed E-state index contributed by atoms with van der Waals surface area (Å²) >= 11 is 0. The summed E-state index contributed by atoms with van der Waals surface area (Å²) in [7, 11) is 5.77. The zero-order chi connectivity index (χ0) is 15.6. The number of aliphatic carboxylic acids is 1. The molecule has 20 heavy (non-hydrogen) atoms. The normalized spacial score (nSPS) is 13.4. The van der Waals surface area contributed by atoms with Gasteiger partial charge < -0.3 is 19.1 Å². The van der Waals surface area contributed by atoms with E-state index in [0.29, 0.717) is 17.4 Å². The van der Waals surface area contributed by atoms with Crippen molar-refractivity contribution in [2.24, 2.45) is 0 Å². The monoisotopic (exact) mass is 285 g/mol. The highest BCUT2D eigenvalue weighted by Crippen LogP contribution is 2.08. The van der Waals surface area contributed by atoms with Gasteiger partial charge in [0.1, 0.15) is 6.54 Å². The lowest BCUT2D eigenvalue weighted by molar-refractivity contribution is -0.873. The molecule has 5 heteroatoms. The van der Waals surface area contributed by atoms with Gasteiger partial charge in [-0.15, -0.1) is 0 Å². The molecule has 0 amide bonds. The smallest absolute Gasteiger partial charge is 0.306 e. The number of esters is 1. The molecule has 5 nitrogen and oxygen atoms in total. The molecule has 0 saturated carbocycles. The van der Waals surface area contributed by atoms with E-state index in [2.05, 4.69) is 13.0 Å². The number of nitrogens with zero attached hydrogens (tertiary/aromatic N) is 1. The first-order valence-electron chi connectivity index (χ1n) is 7.09. The van der Waals surface area contributed by atoms with E-state index in [4.69, 9.17) is 4.74 Å². The minimum Gasteiger partial charge on any atom is -0.550 e. The summed E-state index contributed by atoms with van der Waals surface area (Å²) in [6.07, 6.45) is 6.08. The fourth-order valence-corrected chi connectivity index (χ4v) is 1.83. The largest absolute Gasteiger partial charge is 0.550 e. The fraction of sp³-hybridized carbons (Fsp3) is 0.733. The molecule has 0 aliphatic heterocycles. The van der Waals surface area contributed by atoms with Crippen molar-refractivity contribution in [3.05, 3.63) is 12.2 Å². The Morgan fingerprint density at radius 1 is 1.25 bits per heavy atom. The van der Waals surface area contributed by atoms with Crippen LogP contribution < -0.4 is 5.11 Å². The Bertz CT molecular complexity index is 331. The molecule has 0 radical (unpaired) electrons. The van der Waals surface area contributed by atoms with Gasteiger partial charge >= 0.3 is 5.97 Å². The molecular weight excluding hydrogens is 258 g/mol. The minimum absolute atomic E-state index is 0.253. The highest BCUT2D eigenvalue weighted by atomic mass is 16.5. The molecule has 0 aromatic heterocycles. The summed E-state index contributed by atoms with van der Waals surface area (Å²) in [5, 5.41) is 10.7.